The van der Waals surface area contributed by atoms with Crippen molar-refractivity contribution in [2.24, 2.45) is 0 Å². The first-order valence-corrected chi connectivity index (χ1v) is 6.95. The maximum absolute atomic E-state index is 12.4. The van der Waals surface area contributed by atoms with Crippen molar-refractivity contribution in [1.29, 1.82) is 0 Å². The summed E-state index contributed by atoms with van der Waals surface area (Å²) in [5, 5.41) is 9.20. The molecule has 0 saturated heterocycles. The lowest BCUT2D eigenvalue weighted by Crippen LogP contribution is -2.32. The fourth-order valence-corrected chi connectivity index (χ4v) is 2.00. The van der Waals surface area contributed by atoms with Gasteiger partial charge in [-0.05, 0) is 31.4 Å². The number of carbonyl (C=O) groups is 1. The minimum absolute atomic E-state index is 0.0675. The lowest BCUT2D eigenvalue weighted by atomic mass is 10.1. The van der Waals surface area contributed by atoms with Crippen LogP contribution in [0.1, 0.15) is 49.2 Å². The van der Waals surface area contributed by atoms with Crippen LogP contribution in [0, 0.1) is 0 Å². The van der Waals surface area contributed by atoms with Crippen LogP contribution in [-0.2, 0) is 0 Å². The van der Waals surface area contributed by atoms with E-state index in [1.807, 2.05) is 20.8 Å². The van der Waals surface area contributed by atoms with Crippen molar-refractivity contribution < 1.29 is 9.90 Å². The molecule has 0 radical (unpaired) electrons. The van der Waals surface area contributed by atoms with Gasteiger partial charge in [0.2, 0.25) is 0 Å². The van der Waals surface area contributed by atoms with Gasteiger partial charge in [-0.2, -0.15) is 0 Å². The first-order chi connectivity index (χ1) is 8.99. The summed E-state index contributed by atoms with van der Waals surface area (Å²) in [5.41, 5.74) is 1.37. The van der Waals surface area contributed by atoms with E-state index in [1.54, 1.807) is 17.0 Å². The van der Waals surface area contributed by atoms with E-state index in [-0.39, 0.29) is 18.4 Å². The Morgan fingerprint density at radius 2 is 2.16 bits per heavy atom. The molecule has 0 spiro atoms. The van der Waals surface area contributed by atoms with Crippen molar-refractivity contribution in [3.8, 4) is 0 Å². The Hall–Kier alpha value is -1.13. The van der Waals surface area contributed by atoms with Crippen molar-refractivity contribution in [3.63, 3.8) is 0 Å². The largest absolute Gasteiger partial charge is 0.396 e. The molecular weight excluding hydrogens is 264 g/mol. The normalized spacial score (nSPS) is 10.8. The fraction of sp³-hybridized carbons (Fsp3) is 0.571. The molecule has 1 N–H and O–H groups in total. The highest BCUT2D eigenvalue weighted by atomic mass is 35.5. The predicted octanol–water partition coefficient (Wildman–Crippen LogP) is 2.70. The van der Waals surface area contributed by atoms with Gasteiger partial charge < -0.3 is 10.0 Å². The number of carbonyl (C=O) groups excluding carboxylic acids is 1. The zero-order valence-corrected chi connectivity index (χ0v) is 12.4. The molecule has 1 amide bonds. The van der Waals surface area contributed by atoms with E-state index < -0.39 is 0 Å². The van der Waals surface area contributed by atoms with Crippen LogP contribution >= 0.6 is 11.6 Å². The third kappa shape index (κ3) is 4.48. The molecule has 0 unspecified atom stereocenters. The standard InChI is InChI=1S/C14H21ClN2O2/c1-4-17(6-5-7-18)14(19)11-8-12(10(2)3)16-13(15)9-11/h8-10,18H,4-7H2,1-3H3. The van der Waals surface area contributed by atoms with E-state index in [0.717, 1.165) is 5.69 Å². The summed E-state index contributed by atoms with van der Waals surface area (Å²) in [4.78, 5) is 18.3. The molecule has 0 aliphatic rings. The molecule has 0 atom stereocenters. The number of halogens is 1. The summed E-state index contributed by atoms with van der Waals surface area (Å²) >= 11 is 5.97. The highest BCUT2D eigenvalue weighted by molar-refractivity contribution is 6.29. The number of amides is 1. The van der Waals surface area contributed by atoms with Crippen molar-refractivity contribution in [1.82, 2.24) is 9.88 Å². The van der Waals surface area contributed by atoms with Crippen molar-refractivity contribution in [2.45, 2.75) is 33.1 Å². The smallest absolute Gasteiger partial charge is 0.254 e. The quantitative estimate of drug-likeness (QED) is 0.817. The number of aliphatic hydroxyl groups excluding tert-OH is 1. The zero-order chi connectivity index (χ0) is 14.4. The van der Waals surface area contributed by atoms with Gasteiger partial charge in [-0.25, -0.2) is 4.98 Å². The van der Waals surface area contributed by atoms with E-state index in [1.165, 1.54) is 0 Å². The lowest BCUT2D eigenvalue weighted by Gasteiger charge is -2.21. The van der Waals surface area contributed by atoms with Gasteiger partial charge >= 0.3 is 0 Å². The number of hydrogen-bond acceptors (Lipinski definition) is 3. The SMILES string of the molecule is CCN(CCCO)C(=O)c1cc(Cl)nc(C(C)C)c1. The van der Waals surface area contributed by atoms with E-state index in [9.17, 15) is 4.79 Å². The summed E-state index contributed by atoms with van der Waals surface area (Å²) in [7, 11) is 0. The van der Waals surface area contributed by atoms with Gasteiger partial charge in [0.05, 0.1) is 0 Å². The Bertz CT molecular complexity index is 435. The molecule has 5 heteroatoms. The molecular formula is C14H21ClN2O2. The zero-order valence-electron chi connectivity index (χ0n) is 11.7. The van der Waals surface area contributed by atoms with E-state index >= 15 is 0 Å². The van der Waals surface area contributed by atoms with Crippen LogP contribution in [0.25, 0.3) is 0 Å². The Labute approximate surface area is 119 Å². The number of rotatable bonds is 6. The van der Waals surface area contributed by atoms with Gasteiger partial charge in [0.1, 0.15) is 5.15 Å². The van der Waals surface area contributed by atoms with Crippen LogP contribution < -0.4 is 0 Å². The maximum Gasteiger partial charge on any atom is 0.254 e. The number of aliphatic hydroxyl groups is 1. The van der Waals surface area contributed by atoms with Crippen LogP contribution in [0.4, 0.5) is 0 Å². The van der Waals surface area contributed by atoms with Gasteiger partial charge in [-0.3, -0.25) is 4.79 Å². The van der Waals surface area contributed by atoms with Gasteiger partial charge in [-0.1, -0.05) is 25.4 Å². The molecule has 1 aromatic heterocycles. The molecule has 0 fully saturated rings. The summed E-state index contributed by atoms with van der Waals surface area (Å²) in [6.07, 6.45) is 0.579. The number of nitrogens with zero attached hydrogens (tertiary/aromatic N) is 2. The lowest BCUT2D eigenvalue weighted by molar-refractivity contribution is 0.0754. The average Bonchev–Trinajstić information content (AvgIpc) is 2.38. The topological polar surface area (TPSA) is 53.4 Å². The molecule has 0 aromatic carbocycles. The Balaban J connectivity index is 2.97. The summed E-state index contributed by atoms with van der Waals surface area (Å²) in [5.74, 6) is 0.153. The first kappa shape index (κ1) is 15.9. The van der Waals surface area contributed by atoms with Crippen molar-refractivity contribution in [3.05, 3.63) is 28.5 Å². The second kappa shape index (κ2) is 7.46. The van der Waals surface area contributed by atoms with Crippen molar-refractivity contribution in [2.75, 3.05) is 19.7 Å². The third-order valence-electron chi connectivity index (χ3n) is 2.91. The first-order valence-electron chi connectivity index (χ1n) is 6.57. The van der Waals surface area contributed by atoms with Crippen LogP contribution in [0.3, 0.4) is 0 Å². The monoisotopic (exact) mass is 284 g/mol. The Morgan fingerprint density at radius 3 is 2.68 bits per heavy atom. The van der Waals surface area contributed by atoms with E-state index in [2.05, 4.69) is 4.98 Å². The molecule has 106 valence electrons. The van der Waals surface area contributed by atoms with Gasteiger partial charge in [0.15, 0.2) is 0 Å². The average molecular weight is 285 g/mol. The number of pyridine rings is 1. The fourth-order valence-electron chi connectivity index (χ4n) is 1.78. The van der Waals surface area contributed by atoms with E-state index in [0.29, 0.717) is 30.2 Å². The third-order valence-corrected chi connectivity index (χ3v) is 3.10. The molecule has 0 saturated carbocycles. The molecule has 1 heterocycles. The van der Waals surface area contributed by atoms with E-state index in [4.69, 9.17) is 16.7 Å². The van der Waals surface area contributed by atoms with Crippen molar-refractivity contribution >= 4 is 17.5 Å². The molecule has 19 heavy (non-hydrogen) atoms. The molecule has 4 nitrogen and oxygen atoms in total. The molecule has 0 aliphatic carbocycles. The number of aromatic nitrogens is 1. The molecule has 0 bridgehead atoms. The minimum Gasteiger partial charge on any atom is -0.396 e. The number of hydrogen-bond donors (Lipinski definition) is 1. The summed E-state index contributed by atoms with van der Waals surface area (Å²) < 4.78 is 0. The molecule has 0 aliphatic heterocycles. The van der Waals surface area contributed by atoms with Crippen LogP contribution in [0.15, 0.2) is 12.1 Å². The summed E-state index contributed by atoms with van der Waals surface area (Å²) in [6, 6.07) is 3.39. The van der Waals surface area contributed by atoms with Crippen LogP contribution in [0.2, 0.25) is 5.15 Å². The Morgan fingerprint density at radius 1 is 1.47 bits per heavy atom. The molecule has 1 aromatic rings. The second-order valence-electron chi connectivity index (χ2n) is 4.72. The van der Waals surface area contributed by atoms with Gasteiger partial charge in [-0.15, -0.1) is 0 Å². The maximum atomic E-state index is 12.4. The molecule has 1 rings (SSSR count). The second-order valence-corrected chi connectivity index (χ2v) is 5.11. The summed E-state index contributed by atoms with van der Waals surface area (Å²) in [6.45, 7) is 7.17. The van der Waals surface area contributed by atoms with Gasteiger partial charge in [0.25, 0.3) is 5.91 Å². The van der Waals surface area contributed by atoms with Crippen LogP contribution in [0.5, 0.6) is 0 Å². The highest BCUT2D eigenvalue weighted by Gasteiger charge is 2.16. The highest BCUT2D eigenvalue weighted by Crippen LogP contribution is 2.19. The minimum atomic E-state index is -0.0675. The van der Waals surface area contributed by atoms with Crippen LogP contribution in [-0.4, -0.2) is 40.6 Å². The predicted molar refractivity (Wildman–Crippen MR) is 76.6 cm³/mol. The Kier molecular flexibility index (Phi) is 6.25. The van der Waals surface area contributed by atoms with Gasteiger partial charge in [0, 0.05) is 31.0 Å².